The molecule has 0 radical (unpaired) electrons. The molecule has 0 fully saturated rings. The maximum absolute atomic E-state index is 8.58. The Bertz CT molecular complexity index is 649. The van der Waals surface area contributed by atoms with E-state index in [0.29, 0.717) is 18.7 Å². The van der Waals surface area contributed by atoms with Gasteiger partial charge in [0.05, 0.1) is 11.8 Å². The second kappa shape index (κ2) is 4.94. The van der Waals surface area contributed by atoms with Crippen LogP contribution in [-0.2, 0) is 6.42 Å². The number of fused-ring (bicyclic) bond motifs is 1. The lowest BCUT2D eigenvalue weighted by Gasteiger charge is -2.04. The van der Waals surface area contributed by atoms with Crippen LogP contribution < -0.4 is 9.47 Å². The van der Waals surface area contributed by atoms with E-state index >= 15 is 0 Å². The number of nitriles is 1. The molecule has 5 nitrogen and oxygen atoms in total. The van der Waals surface area contributed by atoms with Gasteiger partial charge in [-0.1, -0.05) is 0 Å². The van der Waals surface area contributed by atoms with Gasteiger partial charge >= 0.3 is 0 Å². The standard InChI is InChI=1S/C14H11N3O2/c15-6-1-2-14-16-7-5-11(17-14)10-3-4-12-13(8-10)19-9-18-12/h3-5,7-8H,1-2,9H2. The topological polar surface area (TPSA) is 68.0 Å². The van der Waals surface area contributed by atoms with E-state index in [1.807, 2.05) is 24.3 Å². The molecule has 0 unspecified atom stereocenters. The number of hydrogen-bond acceptors (Lipinski definition) is 5. The predicted octanol–water partition coefficient (Wildman–Crippen LogP) is 2.33. The summed E-state index contributed by atoms with van der Waals surface area (Å²) in [5, 5.41) is 8.58. The van der Waals surface area contributed by atoms with Gasteiger partial charge < -0.3 is 9.47 Å². The quantitative estimate of drug-likeness (QED) is 0.839. The van der Waals surface area contributed by atoms with Gasteiger partial charge in [0.2, 0.25) is 6.79 Å². The van der Waals surface area contributed by atoms with E-state index in [2.05, 4.69) is 16.0 Å². The SMILES string of the molecule is N#CCCc1nccc(-c2ccc3c(c2)OCO3)n1. The summed E-state index contributed by atoms with van der Waals surface area (Å²) < 4.78 is 10.6. The van der Waals surface area contributed by atoms with Gasteiger partial charge in [-0.3, -0.25) is 0 Å². The summed E-state index contributed by atoms with van der Waals surface area (Å²) in [4.78, 5) is 8.60. The van der Waals surface area contributed by atoms with E-state index in [-0.39, 0.29) is 6.79 Å². The minimum absolute atomic E-state index is 0.260. The molecule has 0 atom stereocenters. The summed E-state index contributed by atoms with van der Waals surface area (Å²) in [7, 11) is 0. The van der Waals surface area contributed by atoms with Crippen LogP contribution in [0.1, 0.15) is 12.2 Å². The smallest absolute Gasteiger partial charge is 0.231 e. The minimum atomic E-state index is 0.260. The molecule has 1 aliphatic heterocycles. The Balaban J connectivity index is 1.91. The number of aromatic nitrogens is 2. The normalized spacial score (nSPS) is 12.2. The maximum Gasteiger partial charge on any atom is 0.231 e. The zero-order valence-corrected chi connectivity index (χ0v) is 10.2. The van der Waals surface area contributed by atoms with Gasteiger partial charge in [-0.05, 0) is 24.3 Å². The van der Waals surface area contributed by atoms with Crippen LogP contribution in [-0.4, -0.2) is 16.8 Å². The zero-order valence-electron chi connectivity index (χ0n) is 10.2. The van der Waals surface area contributed by atoms with Crippen molar-refractivity contribution in [1.29, 1.82) is 5.26 Å². The highest BCUT2D eigenvalue weighted by Gasteiger charge is 2.14. The zero-order chi connectivity index (χ0) is 13.1. The largest absolute Gasteiger partial charge is 0.454 e. The average Bonchev–Trinajstić information content (AvgIpc) is 2.92. The fourth-order valence-corrected chi connectivity index (χ4v) is 1.90. The van der Waals surface area contributed by atoms with E-state index in [0.717, 1.165) is 22.8 Å². The molecule has 0 saturated heterocycles. The van der Waals surface area contributed by atoms with Crippen LogP contribution in [0.3, 0.4) is 0 Å². The lowest BCUT2D eigenvalue weighted by molar-refractivity contribution is 0.174. The van der Waals surface area contributed by atoms with E-state index in [9.17, 15) is 0 Å². The van der Waals surface area contributed by atoms with Crippen molar-refractivity contribution < 1.29 is 9.47 Å². The molecular weight excluding hydrogens is 242 g/mol. The van der Waals surface area contributed by atoms with Crippen molar-refractivity contribution >= 4 is 0 Å². The Morgan fingerprint density at radius 2 is 2.11 bits per heavy atom. The molecule has 94 valence electrons. The Labute approximate surface area is 110 Å². The second-order valence-corrected chi connectivity index (χ2v) is 4.08. The first-order valence-electron chi connectivity index (χ1n) is 5.96. The summed E-state index contributed by atoms with van der Waals surface area (Å²) >= 11 is 0. The highest BCUT2D eigenvalue weighted by atomic mass is 16.7. The van der Waals surface area contributed by atoms with E-state index < -0.39 is 0 Å². The molecule has 0 bridgehead atoms. The van der Waals surface area contributed by atoms with Crippen LogP contribution in [0.25, 0.3) is 11.3 Å². The van der Waals surface area contributed by atoms with Crippen LogP contribution in [0.2, 0.25) is 0 Å². The van der Waals surface area contributed by atoms with Gasteiger partial charge in [-0.2, -0.15) is 5.26 Å². The fraction of sp³-hybridized carbons (Fsp3) is 0.214. The number of aryl methyl sites for hydroxylation is 1. The molecule has 19 heavy (non-hydrogen) atoms. The summed E-state index contributed by atoms with van der Waals surface area (Å²) in [6.45, 7) is 0.260. The summed E-state index contributed by atoms with van der Waals surface area (Å²) in [5.74, 6) is 2.16. The van der Waals surface area contributed by atoms with Crippen molar-refractivity contribution in [2.45, 2.75) is 12.8 Å². The van der Waals surface area contributed by atoms with E-state index in [1.54, 1.807) is 6.20 Å². The first-order valence-corrected chi connectivity index (χ1v) is 5.96. The molecule has 5 heteroatoms. The van der Waals surface area contributed by atoms with Crippen molar-refractivity contribution in [3.63, 3.8) is 0 Å². The van der Waals surface area contributed by atoms with Crippen molar-refractivity contribution in [2.75, 3.05) is 6.79 Å². The van der Waals surface area contributed by atoms with Crippen LogP contribution in [0, 0.1) is 11.3 Å². The number of hydrogen-bond donors (Lipinski definition) is 0. The molecule has 3 rings (SSSR count). The summed E-state index contributed by atoms with van der Waals surface area (Å²) in [6, 6.07) is 9.64. The third-order valence-electron chi connectivity index (χ3n) is 2.83. The number of ether oxygens (including phenoxy) is 2. The van der Waals surface area contributed by atoms with Crippen LogP contribution in [0.5, 0.6) is 11.5 Å². The molecule has 1 aromatic heterocycles. The van der Waals surface area contributed by atoms with Crippen LogP contribution in [0.4, 0.5) is 0 Å². The predicted molar refractivity (Wildman–Crippen MR) is 67.5 cm³/mol. The van der Waals surface area contributed by atoms with Gasteiger partial charge in [-0.15, -0.1) is 0 Å². The van der Waals surface area contributed by atoms with Gasteiger partial charge in [0.15, 0.2) is 11.5 Å². The van der Waals surface area contributed by atoms with Gasteiger partial charge in [0.1, 0.15) is 5.82 Å². The molecule has 0 saturated carbocycles. The number of rotatable bonds is 3. The van der Waals surface area contributed by atoms with Crippen LogP contribution >= 0.6 is 0 Å². The van der Waals surface area contributed by atoms with Crippen molar-refractivity contribution in [2.24, 2.45) is 0 Å². The third-order valence-corrected chi connectivity index (χ3v) is 2.83. The van der Waals surface area contributed by atoms with Crippen molar-refractivity contribution in [3.05, 3.63) is 36.3 Å². The maximum atomic E-state index is 8.58. The van der Waals surface area contributed by atoms with Gasteiger partial charge in [-0.25, -0.2) is 9.97 Å². The minimum Gasteiger partial charge on any atom is -0.454 e. The Morgan fingerprint density at radius 1 is 1.21 bits per heavy atom. The average molecular weight is 253 g/mol. The molecule has 0 aliphatic carbocycles. The fourth-order valence-electron chi connectivity index (χ4n) is 1.90. The molecule has 0 N–H and O–H groups in total. The first kappa shape index (κ1) is 11.5. The molecule has 1 aromatic carbocycles. The Morgan fingerprint density at radius 3 is 3.00 bits per heavy atom. The van der Waals surface area contributed by atoms with E-state index in [1.165, 1.54) is 0 Å². The number of benzene rings is 1. The lowest BCUT2D eigenvalue weighted by atomic mass is 10.1. The molecule has 1 aliphatic rings. The summed E-state index contributed by atoms with van der Waals surface area (Å²) in [6.07, 6.45) is 2.69. The molecule has 0 spiro atoms. The highest BCUT2D eigenvalue weighted by Crippen LogP contribution is 2.35. The Kier molecular flexibility index (Phi) is 2.99. The van der Waals surface area contributed by atoms with Crippen molar-refractivity contribution in [1.82, 2.24) is 9.97 Å². The van der Waals surface area contributed by atoms with E-state index in [4.69, 9.17) is 14.7 Å². The molecular formula is C14H11N3O2. The molecule has 2 heterocycles. The lowest BCUT2D eigenvalue weighted by Crippen LogP contribution is -1.96. The van der Waals surface area contributed by atoms with Gasteiger partial charge in [0, 0.05) is 24.6 Å². The van der Waals surface area contributed by atoms with Crippen molar-refractivity contribution in [3.8, 4) is 28.8 Å². The second-order valence-electron chi connectivity index (χ2n) is 4.08. The third kappa shape index (κ3) is 2.33. The van der Waals surface area contributed by atoms with Crippen LogP contribution in [0.15, 0.2) is 30.5 Å². The molecule has 0 amide bonds. The molecule has 2 aromatic rings. The first-order chi connectivity index (χ1) is 9.36. The monoisotopic (exact) mass is 253 g/mol. The Hall–Kier alpha value is -2.61. The summed E-state index contributed by atoms with van der Waals surface area (Å²) in [5.41, 5.74) is 1.77. The number of nitrogens with zero attached hydrogens (tertiary/aromatic N) is 3. The van der Waals surface area contributed by atoms with Gasteiger partial charge in [0.25, 0.3) is 0 Å². The highest BCUT2D eigenvalue weighted by molar-refractivity contribution is 5.64.